The second-order valence-electron chi connectivity index (χ2n) is 4.18. The predicted molar refractivity (Wildman–Crippen MR) is 58.2 cm³/mol. The molecule has 0 aromatic heterocycles. The van der Waals surface area contributed by atoms with Gasteiger partial charge in [-0.15, -0.1) is 0 Å². The number of carbonyl (C=O) groups is 2. The topological polar surface area (TPSA) is 113 Å². The first-order valence-corrected chi connectivity index (χ1v) is 5.46. The lowest BCUT2D eigenvalue weighted by Gasteiger charge is -2.38. The number of nitrogens with two attached hydrogens (primary N) is 1. The van der Waals surface area contributed by atoms with E-state index in [-0.39, 0.29) is 19.2 Å². The van der Waals surface area contributed by atoms with Gasteiger partial charge in [0.2, 0.25) is 5.91 Å². The molecule has 4 N–H and O–H groups in total. The first-order valence-electron chi connectivity index (χ1n) is 5.46. The highest BCUT2D eigenvalue weighted by Crippen LogP contribution is 2.13. The molecule has 7 heteroatoms. The second kappa shape index (κ2) is 5.95. The third-order valence-corrected chi connectivity index (χ3v) is 2.70. The fourth-order valence-corrected chi connectivity index (χ4v) is 1.72. The van der Waals surface area contributed by atoms with Gasteiger partial charge in [-0.2, -0.15) is 0 Å². The third kappa shape index (κ3) is 3.65. The average Bonchev–Trinajstić information content (AvgIpc) is 2.28. The van der Waals surface area contributed by atoms with Crippen LogP contribution in [0.1, 0.15) is 13.3 Å². The summed E-state index contributed by atoms with van der Waals surface area (Å²) < 4.78 is 5.28. The van der Waals surface area contributed by atoms with Gasteiger partial charge < -0.3 is 25.6 Å². The largest absolute Gasteiger partial charge is 0.481 e. The normalized spacial score (nSPS) is 26.6. The van der Waals surface area contributed by atoms with E-state index in [9.17, 15) is 9.59 Å². The van der Waals surface area contributed by atoms with Crippen LogP contribution in [0.3, 0.4) is 0 Å². The molecule has 17 heavy (non-hydrogen) atoms. The Bertz CT molecular complexity index is 296. The zero-order valence-corrected chi connectivity index (χ0v) is 9.70. The van der Waals surface area contributed by atoms with Crippen LogP contribution in [0.5, 0.6) is 0 Å². The first kappa shape index (κ1) is 13.9. The highest BCUT2D eigenvalue weighted by molar-refractivity contribution is 5.86. The molecule has 1 rings (SSSR count). The summed E-state index contributed by atoms with van der Waals surface area (Å²) in [4.78, 5) is 23.9. The SMILES string of the molecule is CC1COC(CO)CN1C(=O)C(N)CC(=O)O. The van der Waals surface area contributed by atoms with E-state index in [1.165, 1.54) is 4.90 Å². The predicted octanol–water partition coefficient (Wildman–Crippen LogP) is -1.60. The van der Waals surface area contributed by atoms with Gasteiger partial charge >= 0.3 is 5.97 Å². The van der Waals surface area contributed by atoms with Gasteiger partial charge in [-0.1, -0.05) is 0 Å². The number of hydrogen-bond acceptors (Lipinski definition) is 5. The van der Waals surface area contributed by atoms with Gasteiger partial charge in [0, 0.05) is 6.54 Å². The van der Waals surface area contributed by atoms with Gasteiger partial charge in [0.25, 0.3) is 0 Å². The van der Waals surface area contributed by atoms with Crippen molar-refractivity contribution in [2.45, 2.75) is 31.5 Å². The molecule has 0 aromatic rings. The van der Waals surface area contributed by atoms with Crippen LogP contribution in [0.15, 0.2) is 0 Å². The summed E-state index contributed by atoms with van der Waals surface area (Å²) in [6, 6.07) is -1.21. The number of aliphatic carboxylic acids is 1. The third-order valence-electron chi connectivity index (χ3n) is 2.70. The van der Waals surface area contributed by atoms with Crippen LogP contribution >= 0.6 is 0 Å². The van der Waals surface area contributed by atoms with Crippen LogP contribution < -0.4 is 5.73 Å². The van der Waals surface area contributed by atoms with E-state index in [1.54, 1.807) is 6.92 Å². The number of aliphatic hydroxyl groups is 1. The van der Waals surface area contributed by atoms with E-state index < -0.39 is 30.4 Å². The molecule has 3 unspecified atom stereocenters. The quantitative estimate of drug-likeness (QED) is 0.550. The summed E-state index contributed by atoms with van der Waals surface area (Å²) in [6.45, 7) is 2.17. The first-order chi connectivity index (χ1) is 7.95. The van der Waals surface area contributed by atoms with E-state index in [2.05, 4.69) is 0 Å². The van der Waals surface area contributed by atoms with Crippen molar-refractivity contribution < 1.29 is 24.5 Å². The molecule has 1 amide bonds. The van der Waals surface area contributed by atoms with Gasteiger partial charge in [-0.05, 0) is 6.92 Å². The van der Waals surface area contributed by atoms with Crippen molar-refractivity contribution in [3.8, 4) is 0 Å². The summed E-state index contributed by atoms with van der Waals surface area (Å²) in [7, 11) is 0. The second-order valence-corrected chi connectivity index (χ2v) is 4.18. The van der Waals surface area contributed by atoms with Crippen LogP contribution in [0.25, 0.3) is 0 Å². The Hall–Kier alpha value is -1.18. The lowest BCUT2D eigenvalue weighted by Crippen LogP contribution is -2.56. The minimum atomic E-state index is -1.11. The fraction of sp³-hybridized carbons (Fsp3) is 0.800. The molecule has 3 atom stereocenters. The fourth-order valence-electron chi connectivity index (χ4n) is 1.72. The molecular formula is C10H18N2O5. The van der Waals surface area contributed by atoms with E-state index >= 15 is 0 Å². The molecule has 0 aliphatic carbocycles. The van der Waals surface area contributed by atoms with Crippen molar-refractivity contribution in [2.24, 2.45) is 5.73 Å². The molecule has 1 heterocycles. The Morgan fingerprint density at radius 1 is 1.59 bits per heavy atom. The smallest absolute Gasteiger partial charge is 0.305 e. The Kier molecular flexibility index (Phi) is 4.86. The maximum absolute atomic E-state index is 11.9. The van der Waals surface area contributed by atoms with Gasteiger partial charge in [-0.3, -0.25) is 9.59 Å². The number of carboxylic acid groups (broad SMARTS) is 1. The summed E-state index contributed by atoms with van der Waals surface area (Å²) in [5.41, 5.74) is 5.52. The number of amides is 1. The van der Waals surface area contributed by atoms with Gasteiger partial charge in [-0.25, -0.2) is 0 Å². The summed E-state index contributed by atoms with van der Waals surface area (Å²) >= 11 is 0. The van der Waals surface area contributed by atoms with Crippen molar-refractivity contribution in [3.05, 3.63) is 0 Å². The summed E-state index contributed by atoms with van der Waals surface area (Å²) in [5.74, 6) is -1.52. The number of hydrogen-bond donors (Lipinski definition) is 3. The Balaban J connectivity index is 2.62. The van der Waals surface area contributed by atoms with Crippen molar-refractivity contribution in [2.75, 3.05) is 19.8 Å². The molecule has 1 aliphatic rings. The number of aliphatic hydroxyl groups excluding tert-OH is 1. The van der Waals surface area contributed by atoms with Crippen molar-refractivity contribution >= 4 is 11.9 Å². The number of rotatable bonds is 4. The van der Waals surface area contributed by atoms with Crippen LogP contribution in [-0.2, 0) is 14.3 Å². The lowest BCUT2D eigenvalue weighted by atomic mass is 10.1. The molecule has 1 saturated heterocycles. The van der Waals surface area contributed by atoms with Gasteiger partial charge in [0.05, 0.1) is 37.8 Å². The number of ether oxygens (including phenoxy) is 1. The average molecular weight is 246 g/mol. The standard InChI is InChI=1S/C10H18N2O5/c1-6-5-17-7(4-13)3-12(6)10(16)8(11)2-9(14)15/h6-8,13H,2-5,11H2,1H3,(H,14,15). The van der Waals surface area contributed by atoms with Crippen LogP contribution in [0.4, 0.5) is 0 Å². The minimum absolute atomic E-state index is 0.162. The summed E-state index contributed by atoms with van der Waals surface area (Å²) in [6.07, 6.45) is -0.820. The van der Waals surface area contributed by atoms with Crippen molar-refractivity contribution in [1.29, 1.82) is 0 Å². The zero-order valence-electron chi connectivity index (χ0n) is 9.70. The molecule has 7 nitrogen and oxygen atoms in total. The Labute approximate surface area is 99.1 Å². The molecule has 0 spiro atoms. The van der Waals surface area contributed by atoms with Crippen LogP contribution in [-0.4, -0.2) is 64.9 Å². The molecule has 0 bridgehead atoms. The molecular weight excluding hydrogens is 228 g/mol. The van der Waals surface area contributed by atoms with E-state index in [0.29, 0.717) is 6.61 Å². The molecule has 1 fully saturated rings. The van der Waals surface area contributed by atoms with Gasteiger partial charge in [0.1, 0.15) is 0 Å². The van der Waals surface area contributed by atoms with Crippen molar-refractivity contribution in [1.82, 2.24) is 4.90 Å². The van der Waals surface area contributed by atoms with E-state index in [1.807, 2.05) is 0 Å². The summed E-state index contributed by atoms with van der Waals surface area (Å²) in [5, 5.41) is 17.6. The molecule has 0 radical (unpaired) electrons. The number of carboxylic acids is 1. The monoisotopic (exact) mass is 246 g/mol. The zero-order chi connectivity index (χ0) is 13.0. The van der Waals surface area contributed by atoms with Crippen molar-refractivity contribution in [3.63, 3.8) is 0 Å². The van der Waals surface area contributed by atoms with E-state index in [0.717, 1.165) is 0 Å². The Morgan fingerprint density at radius 2 is 2.24 bits per heavy atom. The van der Waals surface area contributed by atoms with Gasteiger partial charge in [0.15, 0.2) is 0 Å². The van der Waals surface area contributed by atoms with Crippen LogP contribution in [0.2, 0.25) is 0 Å². The number of nitrogens with zero attached hydrogens (tertiary/aromatic N) is 1. The number of carbonyl (C=O) groups excluding carboxylic acids is 1. The highest BCUT2D eigenvalue weighted by atomic mass is 16.5. The molecule has 0 saturated carbocycles. The molecule has 1 aliphatic heterocycles. The molecule has 0 aromatic carbocycles. The Morgan fingerprint density at radius 3 is 2.76 bits per heavy atom. The lowest BCUT2D eigenvalue weighted by molar-refractivity contribution is -0.150. The maximum atomic E-state index is 11.9. The van der Waals surface area contributed by atoms with Crippen LogP contribution in [0, 0.1) is 0 Å². The minimum Gasteiger partial charge on any atom is -0.481 e. The highest BCUT2D eigenvalue weighted by Gasteiger charge is 2.32. The number of morpholine rings is 1. The molecule has 98 valence electrons. The van der Waals surface area contributed by atoms with E-state index in [4.69, 9.17) is 20.7 Å². The maximum Gasteiger partial charge on any atom is 0.305 e.